The third kappa shape index (κ3) is 3.91. The maximum Gasteiger partial charge on any atom is 0.227 e. The molecule has 1 aliphatic rings. The van der Waals surface area contributed by atoms with Crippen molar-refractivity contribution < 1.29 is 4.79 Å². The van der Waals surface area contributed by atoms with Crippen LogP contribution in [0.15, 0.2) is 48.8 Å². The van der Waals surface area contributed by atoms with Gasteiger partial charge in [-0.3, -0.25) is 14.8 Å². The van der Waals surface area contributed by atoms with Crippen LogP contribution in [0.25, 0.3) is 10.9 Å². The van der Waals surface area contributed by atoms with E-state index in [1.165, 1.54) is 18.4 Å². The second-order valence-corrected chi connectivity index (χ2v) is 7.88. The minimum Gasteiger partial charge on any atom is -0.335 e. The molecule has 28 heavy (non-hydrogen) atoms. The van der Waals surface area contributed by atoms with E-state index in [1.54, 1.807) is 6.20 Å². The van der Waals surface area contributed by atoms with Gasteiger partial charge in [-0.25, -0.2) is 0 Å². The molecule has 0 atom stereocenters. The second-order valence-electron chi connectivity index (χ2n) is 7.88. The number of carbonyl (C=O) groups is 1. The summed E-state index contributed by atoms with van der Waals surface area (Å²) in [5.41, 5.74) is 5.33. The van der Waals surface area contributed by atoms with Crippen molar-refractivity contribution in [2.75, 3.05) is 0 Å². The number of hydrogen-bond acceptors (Lipinski definition) is 3. The lowest BCUT2D eigenvalue weighted by Crippen LogP contribution is -2.39. The minimum absolute atomic E-state index is 0.196. The zero-order valence-corrected chi connectivity index (χ0v) is 16.7. The summed E-state index contributed by atoms with van der Waals surface area (Å²) in [6.07, 6.45) is 8.63. The van der Waals surface area contributed by atoms with E-state index in [0.29, 0.717) is 19.0 Å². The highest BCUT2D eigenvalue weighted by molar-refractivity contribution is 5.84. The third-order valence-electron chi connectivity index (χ3n) is 5.85. The number of aromatic nitrogens is 2. The monoisotopic (exact) mass is 373 g/mol. The van der Waals surface area contributed by atoms with Crippen molar-refractivity contribution in [3.63, 3.8) is 0 Å². The van der Waals surface area contributed by atoms with Gasteiger partial charge in [0.1, 0.15) is 0 Å². The quantitative estimate of drug-likeness (QED) is 0.648. The van der Waals surface area contributed by atoms with Gasteiger partial charge < -0.3 is 4.90 Å². The van der Waals surface area contributed by atoms with E-state index in [4.69, 9.17) is 0 Å². The molecule has 1 fully saturated rings. The van der Waals surface area contributed by atoms with Crippen molar-refractivity contribution in [3.8, 4) is 0 Å². The number of carbonyl (C=O) groups excluding carboxylic acids is 1. The fourth-order valence-electron chi connectivity index (χ4n) is 4.29. The Morgan fingerprint density at radius 1 is 1.11 bits per heavy atom. The molecule has 0 aliphatic heterocycles. The zero-order valence-electron chi connectivity index (χ0n) is 16.7. The van der Waals surface area contributed by atoms with Crippen LogP contribution in [-0.4, -0.2) is 26.8 Å². The van der Waals surface area contributed by atoms with Crippen LogP contribution in [0.2, 0.25) is 0 Å². The van der Waals surface area contributed by atoms with Gasteiger partial charge in [0.05, 0.1) is 11.9 Å². The SMILES string of the molecule is Cc1cc(CN(C(=O)Cc2cnccc2C)C2CCCC2)c2ccccc2n1. The number of para-hydroxylation sites is 1. The van der Waals surface area contributed by atoms with Gasteiger partial charge >= 0.3 is 0 Å². The molecule has 1 amide bonds. The minimum atomic E-state index is 0.196. The predicted molar refractivity (Wildman–Crippen MR) is 112 cm³/mol. The van der Waals surface area contributed by atoms with Crippen LogP contribution in [0, 0.1) is 13.8 Å². The maximum absolute atomic E-state index is 13.4. The molecule has 2 heterocycles. The molecule has 1 aliphatic carbocycles. The fraction of sp³-hybridized carbons (Fsp3) is 0.375. The normalized spacial score (nSPS) is 14.5. The number of aryl methyl sites for hydroxylation is 2. The Labute approximate surface area is 166 Å². The number of fused-ring (bicyclic) bond motifs is 1. The van der Waals surface area contributed by atoms with Crippen LogP contribution in [0.4, 0.5) is 0 Å². The molecule has 3 aromatic rings. The number of benzene rings is 1. The van der Waals surface area contributed by atoms with E-state index in [9.17, 15) is 4.79 Å². The van der Waals surface area contributed by atoms with E-state index >= 15 is 0 Å². The Bertz CT molecular complexity index is 992. The van der Waals surface area contributed by atoms with Crippen LogP contribution in [0.1, 0.15) is 48.1 Å². The molecular formula is C24H27N3O. The van der Waals surface area contributed by atoms with Gasteiger partial charge in [-0.1, -0.05) is 31.0 Å². The zero-order chi connectivity index (χ0) is 19.5. The van der Waals surface area contributed by atoms with E-state index in [2.05, 4.69) is 27.0 Å². The van der Waals surface area contributed by atoms with Crippen molar-refractivity contribution in [2.24, 2.45) is 0 Å². The van der Waals surface area contributed by atoms with Gasteiger partial charge in [-0.05, 0) is 61.6 Å². The third-order valence-corrected chi connectivity index (χ3v) is 5.85. The number of amides is 1. The van der Waals surface area contributed by atoms with Crippen LogP contribution >= 0.6 is 0 Å². The summed E-state index contributed by atoms with van der Waals surface area (Å²) < 4.78 is 0. The average molecular weight is 374 g/mol. The number of nitrogens with zero attached hydrogens (tertiary/aromatic N) is 3. The Hall–Kier alpha value is -2.75. The molecular weight excluding hydrogens is 346 g/mol. The first-order valence-corrected chi connectivity index (χ1v) is 10.2. The maximum atomic E-state index is 13.4. The van der Waals surface area contributed by atoms with Crippen LogP contribution in [0.3, 0.4) is 0 Å². The van der Waals surface area contributed by atoms with Crippen LogP contribution in [-0.2, 0) is 17.8 Å². The molecule has 1 saturated carbocycles. The van der Waals surface area contributed by atoms with Gasteiger partial charge in [0.15, 0.2) is 0 Å². The van der Waals surface area contributed by atoms with Gasteiger partial charge in [0, 0.05) is 36.1 Å². The lowest BCUT2D eigenvalue weighted by atomic mass is 10.0. The molecule has 0 saturated heterocycles. The summed E-state index contributed by atoms with van der Waals surface area (Å²) in [6.45, 7) is 4.72. The predicted octanol–water partition coefficient (Wildman–Crippen LogP) is 4.76. The van der Waals surface area contributed by atoms with Gasteiger partial charge in [-0.15, -0.1) is 0 Å². The van der Waals surface area contributed by atoms with Gasteiger partial charge in [0.2, 0.25) is 5.91 Å². The Balaban J connectivity index is 1.66. The van der Waals surface area contributed by atoms with E-state index in [1.807, 2.05) is 44.3 Å². The lowest BCUT2D eigenvalue weighted by Gasteiger charge is -2.30. The standard InChI is InChI=1S/C24H27N3O/c1-17-11-12-25-15-19(17)14-24(28)27(21-7-3-4-8-21)16-20-13-18(2)26-23-10-6-5-9-22(20)23/h5-6,9-13,15,21H,3-4,7-8,14,16H2,1-2H3. The summed E-state index contributed by atoms with van der Waals surface area (Å²) >= 11 is 0. The van der Waals surface area contributed by atoms with Crippen molar-refractivity contribution in [3.05, 3.63) is 71.2 Å². The van der Waals surface area contributed by atoms with Crippen molar-refractivity contribution in [2.45, 2.75) is 58.5 Å². The van der Waals surface area contributed by atoms with Crippen molar-refractivity contribution >= 4 is 16.8 Å². The first-order chi connectivity index (χ1) is 13.6. The van der Waals surface area contributed by atoms with E-state index in [-0.39, 0.29) is 5.91 Å². The van der Waals surface area contributed by atoms with Crippen LogP contribution in [0.5, 0.6) is 0 Å². The van der Waals surface area contributed by atoms with E-state index < -0.39 is 0 Å². The Morgan fingerprint density at radius 3 is 2.68 bits per heavy atom. The molecule has 2 aromatic heterocycles. The molecule has 0 unspecified atom stereocenters. The van der Waals surface area contributed by atoms with Crippen molar-refractivity contribution in [1.29, 1.82) is 0 Å². The van der Waals surface area contributed by atoms with Crippen molar-refractivity contribution in [1.82, 2.24) is 14.9 Å². The first-order valence-electron chi connectivity index (χ1n) is 10.2. The van der Waals surface area contributed by atoms with E-state index in [0.717, 1.165) is 40.6 Å². The fourth-order valence-corrected chi connectivity index (χ4v) is 4.29. The largest absolute Gasteiger partial charge is 0.335 e. The highest BCUT2D eigenvalue weighted by Gasteiger charge is 2.27. The Kier molecular flexibility index (Phi) is 5.38. The van der Waals surface area contributed by atoms with Gasteiger partial charge in [-0.2, -0.15) is 0 Å². The molecule has 4 heteroatoms. The van der Waals surface area contributed by atoms with Gasteiger partial charge in [0.25, 0.3) is 0 Å². The molecule has 0 spiro atoms. The summed E-state index contributed by atoms with van der Waals surface area (Å²) in [7, 11) is 0. The number of rotatable bonds is 5. The number of pyridine rings is 2. The topological polar surface area (TPSA) is 46.1 Å². The highest BCUT2D eigenvalue weighted by Crippen LogP contribution is 2.28. The molecule has 144 valence electrons. The van der Waals surface area contributed by atoms with Crippen LogP contribution < -0.4 is 0 Å². The summed E-state index contributed by atoms with van der Waals surface area (Å²) in [5, 5.41) is 1.14. The number of hydrogen-bond donors (Lipinski definition) is 0. The molecule has 1 aromatic carbocycles. The Morgan fingerprint density at radius 2 is 1.89 bits per heavy atom. The smallest absolute Gasteiger partial charge is 0.227 e. The molecule has 4 nitrogen and oxygen atoms in total. The summed E-state index contributed by atoms with van der Waals surface area (Å²) in [5.74, 6) is 0.196. The highest BCUT2D eigenvalue weighted by atomic mass is 16.2. The summed E-state index contributed by atoms with van der Waals surface area (Å²) in [4.78, 5) is 24.3. The summed E-state index contributed by atoms with van der Waals surface area (Å²) in [6, 6.07) is 12.7. The first kappa shape index (κ1) is 18.6. The molecule has 4 rings (SSSR count). The molecule has 0 bridgehead atoms. The molecule has 0 N–H and O–H groups in total. The molecule has 0 radical (unpaired) electrons. The lowest BCUT2D eigenvalue weighted by molar-refractivity contribution is -0.133. The second kappa shape index (κ2) is 8.09. The average Bonchev–Trinajstić information content (AvgIpc) is 3.22.